The molecule has 1 rings (SSSR count). The fourth-order valence-corrected chi connectivity index (χ4v) is 2.15. The summed E-state index contributed by atoms with van der Waals surface area (Å²) in [5, 5.41) is 7.00. The number of carbonyl (C=O) groups is 1. The molecule has 1 unspecified atom stereocenters. The Morgan fingerprint density at radius 3 is 2.89 bits per heavy atom. The van der Waals surface area contributed by atoms with Gasteiger partial charge in [-0.05, 0) is 26.5 Å². The summed E-state index contributed by atoms with van der Waals surface area (Å²) in [6, 6.07) is 2.32. The molecule has 0 saturated heterocycles. The fourth-order valence-electron chi connectivity index (χ4n) is 2.15. The van der Waals surface area contributed by atoms with Crippen LogP contribution < -0.4 is 5.32 Å². The molecule has 6 nitrogen and oxygen atoms in total. The number of methoxy groups -OCH3 is 1. The average Bonchev–Trinajstić information content (AvgIpc) is 2.90. The topological polar surface area (TPSA) is 59.4 Å². The van der Waals surface area contributed by atoms with Crippen molar-refractivity contribution in [3.8, 4) is 0 Å². The molecule has 1 heterocycles. The van der Waals surface area contributed by atoms with Gasteiger partial charge in [-0.25, -0.2) is 4.79 Å². The van der Waals surface area contributed by atoms with Crippen molar-refractivity contribution in [2.24, 2.45) is 0 Å². The Labute approximate surface area is 114 Å². The Balaban J connectivity index is 2.56. The first-order valence-electron chi connectivity index (χ1n) is 6.71. The highest BCUT2D eigenvalue weighted by atomic mass is 16.5. The second kappa shape index (κ2) is 7.78. The van der Waals surface area contributed by atoms with Gasteiger partial charge in [-0.3, -0.25) is 9.58 Å². The normalized spacial score (nSPS) is 12.5. The van der Waals surface area contributed by atoms with Crippen LogP contribution in [0.4, 0.5) is 4.79 Å². The first kappa shape index (κ1) is 15.5. The lowest BCUT2D eigenvalue weighted by molar-refractivity contribution is 0.165. The Morgan fingerprint density at radius 2 is 2.32 bits per heavy atom. The van der Waals surface area contributed by atoms with E-state index in [1.807, 2.05) is 16.9 Å². The number of rotatable bonds is 7. The molecule has 1 aromatic rings. The van der Waals surface area contributed by atoms with Crippen molar-refractivity contribution < 1.29 is 9.53 Å². The second-order valence-electron chi connectivity index (χ2n) is 4.29. The molecule has 1 amide bonds. The Kier molecular flexibility index (Phi) is 6.35. The molecule has 0 spiro atoms. The lowest BCUT2D eigenvalue weighted by Gasteiger charge is -2.28. The second-order valence-corrected chi connectivity index (χ2v) is 4.29. The van der Waals surface area contributed by atoms with E-state index in [1.54, 1.807) is 0 Å². The summed E-state index contributed by atoms with van der Waals surface area (Å²) in [7, 11) is 1.37. The largest absolute Gasteiger partial charge is 0.453 e. The fraction of sp³-hybridized carbons (Fsp3) is 0.692. The van der Waals surface area contributed by atoms with Gasteiger partial charge in [0.15, 0.2) is 0 Å². The molecular formula is C13H24N4O2. The van der Waals surface area contributed by atoms with Crippen LogP contribution in [0.3, 0.4) is 0 Å². The van der Waals surface area contributed by atoms with E-state index in [1.165, 1.54) is 12.8 Å². The molecule has 0 saturated carbocycles. The van der Waals surface area contributed by atoms with Gasteiger partial charge in [0.25, 0.3) is 0 Å². The molecule has 1 N–H and O–H groups in total. The molecule has 0 aliphatic rings. The van der Waals surface area contributed by atoms with Crippen LogP contribution in [0.1, 0.15) is 32.5 Å². The van der Waals surface area contributed by atoms with Crippen molar-refractivity contribution in [2.45, 2.75) is 33.4 Å². The Morgan fingerprint density at radius 1 is 1.58 bits per heavy atom. The number of aromatic nitrogens is 2. The quantitative estimate of drug-likeness (QED) is 0.816. The average molecular weight is 268 g/mol. The van der Waals surface area contributed by atoms with E-state index in [2.05, 4.69) is 40.8 Å². The number of nitrogens with one attached hydrogen (secondary N) is 1. The zero-order chi connectivity index (χ0) is 14.3. The van der Waals surface area contributed by atoms with Crippen molar-refractivity contribution in [1.29, 1.82) is 0 Å². The van der Waals surface area contributed by atoms with Gasteiger partial charge in [-0.2, -0.15) is 5.10 Å². The van der Waals surface area contributed by atoms with Crippen molar-refractivity contribution in [1.82, 2.24) is 20.0 Å². The third-order valence-electron chi connectivity index (χ3n) is 3.28. The summed E-state index contributed by atoms with van der Waals surface area (Å²) >= 11 is 0. The van der Waals surface area contributed by atoms with E-state index in [-0.39, 0.29) is 12.1 Å². The van der Waals surface area contributed by atoms with Crippen molar-refractivity contribution >= 4 is 6.09 Å². The molecule has 0 bridgehead atoms. The van der Waals surface area contributed by atoms with E-state index in [0.29, 0.717) is 6.54 Å². The first-order valence-corrected chi connectivity index (χ1v) is 6.71. The van der Waals surface area contributed by atoms with Crippen LogP contribution in [0.5, 0.6) is 0 Å². The maximum Gasteiger partial charge on any atom is 0.406 e. The van der Waals surface area contributed by atoms with Crippen LogP contribution in [0.15, 0.2) is 12.3 Å². The first-order chi connectivity index (χ1) is 9.13. The van der Waals surface area contributed by atoms with E-state index < -0.39 is 0 Å². The van der Waals surface area contributed by atoms with Crippen LogP contribution >= 0.6 is 0 Å². The number of alkyl carbamates (subject to hydrolysis) is 1. The van der Waals surface area contributed by atoms with Crippen LogP contribution in [-0.4, -0.2) is 47.5 Å². The van der Waals surface area contributed by atoms with Crippen LogP contribution in [-0.2, 0) is 11.3 Å². The third kappa shape index (κ3) is 4.24. The minimum atomic E-state index is -0.387. The van der Waals surface area contributed by atoms with Gasteiger partial charge in [-0.15, -0.1) is 0 Å². The molecule has 0 aliphatic carbocycles. The summed E-state index contributed by atoms with van der Waals surface area (Å²) in [4.78, 5) is 13.3. The maximum atomic E-state index is 11.0. The van der Waals surface area contributed by atoms with Crippen LogP contribution in [0, 0.1) is 0 Å². The standard InChI is InChI=1S/C13H24N4O2/c1-5-16(10-9-14-13(18)19-4)11(3)12-7-8-15-17(12)6-2/h7-8,11H,5-6,9-10H2,1-4H3,(H,14,18). The number of likely N-dealkylation sites (N-methyl/N-ethyl adjacent to an activating group) is 1. The summed E-state index contributed by atoms with van der Waals surface area (Å²) in [5.74, 6) is 0. The van der Waals surface area contributed by atoms with Gasteiger partial charge in [-0.1, -0.05) is 6.92 Å². The SMILES string of the molecule is CCN(CCNC(=O)OC)C(C)c1ccnn1CC. The molecule has 0 aromatic carbocycles. The maximum absolute atomic E-state index is 11.0. The summed E-state index contributed by atoms with van der Waals surface area (Å²) in [6.07, 6.45) is 1.44. The molecule has 0 fully saturated rings. The zero-order valence-corrected chi connectivity index (χ0v) is 12.2. The van der Waals surface area contributed by atoms with Gasteiger partial charge >= 0.3 is 6.09 Å². The summed E-state index contributed by atoms with van der Waals surface area (Å²) < 4.78 is 6.55. The summed E-state index contributed by atoms with van der Waals surface area (Å²) in [6.45, 7) is 9.49. The molecule has 19 heavy (non-hydrogen) atoms. The van der Waals surface area contributed by atoms with E-state index in [0.717, 1.165) is 19.6 Å². The van der Waals surface area contributed by atoms with Crippen LogP contribution in [0.25, 0.3) is 0 Å². The molecule has 0 radical (unpaired) electrons. The Hall–Kier alpha value is -1.56. The van der Waals surface area contributed by atoms with E-state index in [9.17, 15) is 4.79 Å². The molecule has 0 aliphatic heterocycles. The van der Waals surface area contributed by atoms with Gasteiger partial charge in [0, 0.05) is 31.9 Å². The minimum absolute atomic E-state index is 0.270. The lowest BCUT2D eigenvalue weighted by Crippen LogP contribution is -2.36. The van der Waals surface area contributed by atoms with Gasteiger partial charge in [0.2, 0.25) is 0 Å². The number of hydrogen-bond acceptors (Lipinski definition) is 4. The predicted octanol–water partition coefficient (Wildman–Crippen LogP) is 1.64. The van der Waals surface area contributed by atoms with Gasteiger partial charge in [0.05, 0.1) is 12.8 Å². The number of nitrogens with zero attached hydrogens (tertiary/aromatic N) is 3. The Bertz CT molecular complexity index is 392. The number of aryl methyl sites for hydroxylation is 1. The number of amides is 1. The molecule has 1 aromatic heterocycles. The number of hydrogen-bond donors (Lipinski definition) is 1. The monoisotopic (exact) mass is 268 g/mol. The van der Waals surface area contributed by atoms with Gasteiger partial charge < -0.3 is 10.1 Å². The minimum Gasteiger partial charge on any atom is -0.453 e. The van der Waals surface area contributed by atoms with Crippen molar-refractivity contribution in [2.75, 3.05) is 26.7 Å². The van der Waals surface area contributed by atoms with Gasteiger partial charge in [0.1, 0.15) is 0 Å². The zero-order valence-electron chi connectivity index (χ0n) is 12.2. The summed E-state index contributed by atoms with van der Waals surface area (Å²) in [5.41, 5.74) is 1.20. The number of carbonyl (C=O) groups excluding carboxylic acids is 1. The predicted molar refractivity (Wildman–Crippen MR) is 74.0 cm³/mol. The van der Waals surface area contributed by atoms with Crippen molar-refractivity contribution in [3.63, 3.8) is 0 Å². The molecular weight excluding hydrogens is 244 g/mol. The number of ether oxygens (including phenoxy) is 1. The van der Waals surface area contributed by atoms with Crippen LogP contribution in [0.2, 0.25) is 0 Å². The van der Waals surface area contributed by atoms with E-state index in [4.69, 9.17) is 0 Å². The molecule has 108 valence electrons. The highest BCUT2D eigenvalue weighted by Gasteiger charge is 2.17. The van der Waals surface area contributed by atoms with E-state index >= 15 is 0 Å². The third-order valence-corrected chi connectivity index (χ3v) is 3.28. The highest BCUT2D eigenvalue weighted by Crippen LogP contribution is 2.18. The molecule has 6 heteroatoms. The molecule has 1 atom stereocenters. The highest BCUT2D eigenvalue weighted by molar-refractivity contribution is 5.66. The lowest BCUT2D eigenvalue weighted by atomic mass is 10.2. The smallest absolute Gasteiger partial charge is 0.406 e. The van der Waals surface area contributed by atoms with Crippen molar-refractivity contribution in [3.05, 3.63) is 18.0 Å².